The van der Waals surface area contributed by atoms with Gasteiger partial charge in [-0.15, -0.1) is 0 Å². The van der Waals surface area contributed by atoms with Crippen LogP contribution in [-0.4, -0.2) is 14.8 Å². The van der Waals surface area contributed by atoms with Crippen LogP contribution in [0.3, 0.4) is 0 Å². The summed E-state index contributed by atoms with van der Waals surface area (Å²) in [6.07, 6.45) is 3.63. The molecule has 0 bridgehead atoms. The third-order valence-electron chi connectivity index (χ3n) is 2.94. The van der Waals surface area contributed by atoms with E-state index in [1.54, 1.807) is 23.0 Å². The SMILES string of the molecule is N#Cc1nc(-n2cc(-c3ccccc3)cn2)ccc1N. The van der Waals surface area contributed by atoms with Crippen LogP contribution >= 0.6 is 0 Å². The number of benzene rings is 1. The minimum absolute atomic E-state index is 0.208. The molecule has 0 unspecified atom stereocenters. The van der Waals surface area contributed by atoms with E-state index in [2.05, 4.69) is 10.1 Å². The second-order valence-corrected chi connectivity index (χ2v) is 4.26. The molecule has 0 spiro atoms. The Bertz CT molecular complexity index is 784. The smallest absolute Gasteiger partial charge is 0.165 e. The molecule has 96 valence electrons. The van der Waals surface area contributed by atoms with Crippen molar-refractivity contribution in [1.29, 1.82) is 5.26 Å². The largest absolute Gasteiger partial charge is 0.396 e. The van der Waals surface area contributed by atoms with Gasteiger partial charge in [0.1, 0.15) is 6.07 Å². The monoisotopic (exact) mass is 261 g/mol. The standard InChI is InChI=1S/C15H11N5/c16-8-14-13(17)6-7-15(19-14)20-10-12(9-18-20)11-4-2-1-3-5-11/h1-7,9-10H,17H2. The molecule has 5 heteroatoms. The lowest BCUT2D eigenvalue weighted by atomic mass is 10.1. The summed E-state index contributed by atoms with van der Waals surface area (Å²) in [4.78, 5) is 4.18. The first-order valence-electron chi connectivity index (χ1n) is 6.05. The maximum Gasteiger partial charge on any atom is 0.165 e. The van der Waals surface area contributed by atoms with Crippen molar-refractivity contribution in [3.63, 3.8) is 0 Å². The van der Waals surface area contributed by atoms with Crippen molar-refractivity contribution in [3.05, 3.63) is 60.6 Å². The van der Waals surface area contributed by atoms with Gasteiger partial charge < -0.3 is 5.73 Å². The number of anilines is 1. The predicted octanol–water partition coefficient (Wildman–Crippen LogP) is 2.39. The molecular weight excluding hydrogens is 250 g/mol. The van der Waals surface area contributed by atoms with Gasteiger partial charge in [-0.3, -0.25) is 0 Å². The average molecular weight is 261 g/mol. The van der Waals surface area contributed by atoms with Crippen molar-refractivity contribution in [2.75, 3.05) is 5.73 Å². The Morgan fingerprint density at radius 1 is 1.05 bits per heavy atom. The highest BCUT2D eigenvalue weighted by atomic mass is 15.3. The third kappa shape index (κ3) is 2.10. The summed E-state index contributed by atoms with van der Waals surface area (Å²) in [5.41, 5.74) is 8.30. The molecule has 0 radical (unpaired) electrons. The van der Waals surface area contributed by atoms with Gasteiger partial charge in [-0.1, -0.05) is 30.3 Å². The van der Waals surface area contributed by atoms with E-state index in [0.29, 0.717) is 11.5 Å². The Labute approximate surface area is 115 Å². The topological polar surface area (TPSA) is 80.5 Å². The third-order valence-corrected chi connectivity index (χ3v) is 2.94. The van der Waals surface area contributed by atoms with Crippen LogP contribution in [0.25, 0.3) is 16.9 Å². The molecule has 2 N–H and O–H groups in total. The molecule has 1 aromatic carbocycles. The molecule has 0 atom stereocenters. The van der Waals surface area contributed by atoms with Crippen molar-refractivity contribution in [3.8, 4) is 23.0 Å². The first kappa shape index (κ1) is 11.9. The lowest BCUT2D eigenvalue weighted by Gasteiger charge is -2.02. The zero-order chi connectivity index (χ0) is 13.9. The Morgan fingerprint density at radius 2 is 1.85 bits per heavy atom. The first-order valence-corrected chi connectivity index (χ1v) is 6.05. The summed E-state index contributed by atoms with van der Waals surface area (Å²) in [7, 11) is 0. The normalized spacial score (nSPS) is 10.2. The number of pyridine rings is 1. The molecule has 5 nitrogen and oxygen atoms in total. The van der Waals surface area contributed by atoms with Crippen LogP contribution in [0.15, 0.2) is 54.9 Å². The maximum absolute atomic E-state index is 8.95. The second kappa shape index (κ2) is 4.86. The van der Waals surface area contributed by atoms with Crippen LogP contribution in [0.1, 0.15) is 5.69 Å². The fourth-order valence-electron chi connectivity index (χ4n) is 1.90. The van der Waals surface area contributed by atoms with Gasteiger partial charge in [-0.25, -0.2) is 9.67 Å². The molecule has 2 aromatic heterocycles. The Balaban J connectivity index is 2.01. The summed E-state index contributed by atoms with van der Waals surface area (Å²) in [5, 5.41) is 13.2. The van der Waals surface area contributed by atoms with E-state index in [9.17, 15) is 0 Å². The summed E-state index contributed by atoms with van der Waals surface area (Å²) >= 11 is 0. The molecule has 0 fully saturated rings. The Kier molecular flexibility index (Phi) is 2.90. The van der Waals surface area contributed by atoms with Gasteiger partial charge in [0.2, 0.25) is 0 Å². The predicted molar refractivity (Wildman–Crippen MR) is 75.9 cm³/mol. The van der Waals surface area contributed by atoms with Gasteiger partial charge in [-0.05, 0) is 17.7 Å². The van der Waals surface area contributed by atoms with Gasteiger partial charge >= 0.3 is 0 Å². The number of nitrogen functional groups attached to an aromatic ring is 1. The van der Waals surface area contributed by atoms with E-state index >= 15 is 0 Å². The zero-order valence-electron chi connectivity index (χ0n) is 10.6. The highest BCUT2D eigenvalue weighted by molar-refractivity contribution is 5.62. The van der Waals surface area contributed by atoms with Crippen LogP contribution in [-0.2, 0) is 0 Å². The van der Waals surface area contributed by atoms with Gasteiger partial charge in [0.25, 0.3) is 0 Å². The highest BCUT2D eigenvalue weighted by Crippen LogP contribution is 2.19. The quantitative estimate of drug-likeness (QED) is 0.768. The first-order chi connectivity index (χ1) is 9.78. The number of hydrogen-bond acceptors (Lipinski definition) is 4. The average Bonchev–Trinajstić information content (AvgIpc) is 2.98. The van der Waals surface area contributed by atoms with Crippen molar-refractivity contribution in [2.45, 2.75) is 0 Å². The molecule has 0 aliphatic rings. The molecule has 2 heterocycles. The summed E-state index contributed by atoms with van der Waals surface area (Å²) in [5.74, 6) is 0.568. The molecule has 0 amide bonds. The van der Waals surface area contributed by atoms with Crippen molar-refractivity contribution < 1.29 is 0 Å². The van der Waals surface area contributed by atoms with Crippen LogP contribution in [0.5, 0.6) is 0 Å². The van der Waals surface area contributed by atoms with Crippen LogP contribution in [0.4, 0.5) is 5.69 Å². The van der Waals surface area contributed by atoms with Crippen molar-refractivity contribution in [2.24, 2.45) is 0 Å². The van der Waals surface area contributed by atoms with Gasteiger partial charge in [0.05, 0.1) is 11.9 Å². The maximum atomic E-state index is 8.95. The van der Waals surface area contributed by atoms with Gasteiger partial charge in [-0.2, -0.15) is 10.4 Å². The van der Waals surface area contributed by atoms with Crippen LogP contribution in [0.2, 0.25) is 0 Å². The summed E-state index contributed by atoms with van der Waals surface area (Å²) in [6, 6.07) is 15.3. The molecule has 0 aliphatic heterocycles. The fourth-order valence-corrected chi connectivity index (χ4v) is 1.90. The van der Waals surface area contributed by atoms with Crippen LogP contribution in [0, 0.1) is 11.3 Å². The molecule has 0 aliphatic carbocycles. The van der Waals surface area contributed by atoms with Gasteiger partial charge in [0.15, 0.2) is 11.5 Å². The van der Waals surface area contributed by atoms with Gasteiger partial charge in [0, 0.05) is 11.8 Å². The number of nitrogens with zero attached hydrogens (tertiary/aromatic N) is 4. The van der Waals surface area contributed by atoms with E-state index in [1.165, 1.54) is 0 Å². The molecular formula is C15H11N5. The summed E-state index contributed by atoms with van der Waals surface area (Å²) in [6.45, 7) is 0. The fraction of sp³-hybridized carbons (Fsp3) is 0. The number of hydrogen-bond donors (Lipinski definition) is 1. The number of aromatic nitrogens is 3. The Hall–Kier alpha value is -3.13. The summed E-state index contributed by atoms with van der Waals surface area (Å²) < 4.78 is 1.63. The number of nitriles is 1. The van der Waals surface area contributed by atoms with Crippen molar-refractivity contribution in [1.82, 2.24) is 14.8 Å². The zero-order valence-corrected chi connectivity index (χ0v) is 10.6. The molecule has 20 heavy (non-hydrogen) atoms. The Morgan fingerprint density at radius 3 is 2.60 bits per heavy atom. The van der Waals surface area contributed by atoms with E-state index in [1.807, 2.05) is 42.6 Å². The lowest BCUT2D eigenvalue weighted by Crippen LogP contribution is -2.01. The second-order valence-electron chi connectivity index (χ2n) is 4.26. The van der Waals surface area contributed by atoms with E-state index in [4.69, 9.17) is 11.0 Å². The molecule has 0 saturated heterocycles. The lowest BCUT2D eigenvalue weighted by molar-refractivity contribution is 0.845. The molecule has 0 saturated carbocycles. The van der Waals surface area contributed by atoms with E-state index in [0.717, 1.165) is 11.1 Å². The number of nitrogens with two attached hydrogens (primary N) is 1. The minimum atomic E-state index is 0.208. The molecule has 3 aromatic rings. The highest BCUT2D eigenvalue weighted by Gasteiger charge is 2.06. The molecule has 3 rings (SSSR count). The minimum Gasteiger partial charge on any atom is -0.396 e. The van der Waals surface area contributed by atoms with Crippen molar-refractivity contribution >= 4 is 5.69 Å². The van der Waals surface area contributed by atoms with E-state index < -0.39 is 0 Å². The van der Waals surface area contributed by atoms with Crippen LogP contribution < -0.4 is 5.73 Å². The van der Waals surface area contributed by atoms with E-state index in [-0.39, 0.29) is 5.69 Å². The number of rotatable bonds is 2.